The van der Waals surface area contributed by atoms with E-state index in [9.17, 15) is 4.79 Å². The third kappa shape index (κ3) is 5.38. The van der Waals surface area contributed by atoms with Crippen molar-refractivity contribution in [3.8, 4) is 23.3 Å². The number of fused-ring (bicyclic) bond motifs is 3. The van der Waals surface area contributed by atoms with Crippen LogP contribution in [0.2, 0.25) is 0 Å². The van der Waals surface area contributed by atoms with Gasteiger partial charge in [0.15, 0.2) is 23.1 Å². The largest absolute Gasteiger partial charge is 0.493 e. The van der Waals surface area contributed by atoms with Crippen LogP contribution in [0.25, 0.3) is 11.0 Å². The summed E-state index contributed by atoms with van der Waals surface area (Å²) in [6.45, 7) is 3.22. The van der Waals surface area contributed by atoms with Crippen LogP contribution in [0, 0.1) is 23.5 Å². The van der Waals surface area contributed by atoms with Crippen molar-refractivity contribution in [3.05, 3.63) is 65.7 Å². The number of methoxy groups -OCH3 is 2. The molecule has 1 aliphatic rings. The van der Waals surface area contributed by atoms with Crippen LogP contribution in [-0.4, -0.2) is 48.4 Å². The van der Waals surface area contributed by atoms with E-state index in [0.29, 0.717) is 47.4 Å². The molecule has 0 atom stereocenters. The second-order valence-corrected chi connectivity index (χ2v) is 9.25. The average molecular weight is 562 g/mol. The van der Waals surface area contributed by atoms with Crippen LogP contribution in [0.15, 0.2) is 42.9 Å². The Balaban J connectivity index is 1.58. The van der Waals surface area contributed by atoms with Crippen molar-refractivity contribution in [1.29, 1.82) is 0 Å². The van der Waals surface area contributed by atoms with Gasteiger partial charge in [-0.2, -0.15) is 0 Å². The Morgan fingerprint density at radius 3 is 2.44 bits per heavy atom. The van der Waals surface area contributed by atoms with Gasteiger partial charge in [-0.05, 0) is 24.6 Å². The van der Waals surface area contributed by atoms with Gasteiger partial charge in [-0.15, -0.1) is 5.92 Å². The molecule has 0 saturated carbocycles. The molecule has 5 rings (SSSR count). The van der Waals surface area contributed by atoms with E-state index in [0.717, 1.165) is 29.7 Å². The number of halogens is 2. The Morgan fingerprint density at radius 1 is 1.02 bits per heavy atom. The number of hydrogen-bond donors (Lipinski definition) is 1. The van der Waals surface area contributed by atoms with Gasteiger partial charge in [0.2, 0.25) is 0 Å². The zero-order chi connectivity index (χ0) is 28.9. The van der Waals surface area contributed by atoms with Gasteiger partial charge in [0.1, 0.15) is 11.3 Å². The van der Waals surface area contributed by atoms with Gasteiger partial charge in [-0.1, -0.05) is 12.8 Å². The summed E-state index contributed by atoms with van der Waals surface area (Å²) in [6, 6.07) is 5.63. The van der Waals surface area contributed by atoms with Crippen LogP contribution in [0.1, 0.15) is 31.0 Å². The minimum Gasteiger partial charge on any atom is -0.493 e. The van der Waals surface area contributed by atoms with Gasteiger partial charge in [0, 0.05) is 60.7 Å². The van der Waals surface area contributed by atoms with E-state index in [1.54, 1.807) is 18.3 Å². The van der Waals surface area contributed by atoms with Gasteiger partial charge in [0.05, 0.1) is 38.7 Å². The molecule has 1 aromatic carbocycles. The van der Waals surface area contributed by atoms with Crippen molar-refractivity contribution in [3.63, 3.8) is 0 Å². The van der Waals surface area contributed by atoms with Crippen LogP contribution in [-0.2, 0) is 17.7 Å². The summed E-state index contributed by atoms with van der Waals surface area (Å²) in [4.78, 5) is 28.4. The third-order valence-corrected chi connectivity index (χ3v) is 6.60. The Hall–Kier alpha value is -4.69. The van der Waals surface area contributed by atoms with E-state index in [1.807, 2.05) is 6.07 Å². The Morgan fingerprint density at radius 2 is 1.76 bits per heavy atom. The number of ether oxygens (including phenoxy) is 3. The van der Waals surface area contributed by atoms with Crippen LogP contribution in [0.5, 0.6) is 11.5 Å². The molecular formula is C30H29F2N5O4. The number of aromatic amines is 1. The number of H-pyrrole nitrogens is 1. The molecular weight excluding hydrogens is 532 g/mol. The van der Waals surface area contributed by atoms with Crippen LogP contribution in [0.4, 0.5) is 30.6 Å². The predicted octanol–water partition coefficient (Wildman–Crippen LogP) is 5.89. The van der Waals surface area contributed by atoms with Crippen LogP contribution in [0.3, 0.4) is 0 Å². The van der Waals surface area contributed by atoms with E-state index in [4.69, 9.17) is 14.2 Å². The number of carbonyl (C=O) groups is 1. The lowest BCUT2D eigenvalue weighted by Gasteiger charge is -2.37. The fourth-order valence-corrected chi connectivity index (χ4v) is 4.72. The Kier molecular flexibility index (Phi) is 8.31. The lowest BCUT2D eigenvalue weighted by Crippen LogP contribution is -2.46. The lowest BCUT2D eigenvalue weighted by molar-refractivity contribution is 0.140. The highest BCUT2D eigenvalue weighted by Crippen LogP contribution is 2.44. The number of nitrogens with one attached hydrogen (secondary N) is 1. The number of hydrogen-bond acceptors (Lipinski definition) is 6. The summed E-state index contributed by atoms with van der Waals surface area (Å²) in [5.74, 6) is 3.70. The first-order chi connectivity index (χ1) is 20.0. The molecule has 0 spiro atoms. The molecule has 9 nitrogen and oxygen atoms in total. The van der Waals surface area contributed by atoms with Gasteiger partial charge >= 0.3 is 6.03 Å². The quantitative estimate of drug-likeness (QED) is 0.202. The molecule has 1 N–H and O–H groups in total. The summed E-state index contributed by atoms with van der Waals surface area (Å²) >= 11 is 0. The highest BCUT2D eigenvalue weighted by molar-refractivity contribution is 6.15. The number of urea groups is 1. The van der Waals surface area contributed by atoms with Crippen molar-refractivity contribution in [1.82, 2.24) is 15.0 Å². The minimum atomic E-state index is -1.02. The number of nitrogens with zero attached hydrogens (tertiary/aromatic N) is 4. The average Bonchev–Trinajstić information content (AvgIpc) is 3.41. The molecule has 11 heteroatoms. The fraction of sp³-hybridized carbons (Fsp3) is 0.300. The molecule has 1 aliphatic heterocycles. The summed E-state index contributed by atoms with van der Waals surface area (Å²) < 4.78 is 46.7. The van der Waals surface area contributed by atoms with Crippen molar-refractivity contribution >= 4 is 34.1 Å². The van der Waals surface area contributed by atoms with E-state index < -0.39 is 23.4 Å². The normalized spacial score (nSPS) is 12.8. The molecule has 0 saturated heterocycles. The van der Waals surface area contributed by atoms with E-state index in [1.165, 1.54) is 31.5 Å². The van der Waals surface area contributed by atoms with E-state index >= 15 is 8.78 Å². The van der Waals surface area contributed by atoms with Gasteiger partial charge < -0.3 is 19.2 Å². The van der Waals surface area contributed by atoms with Crippen LogP contribution < -0.4 is 19.3 Å². The van der Waals surface area contributed by atoms with Crippen molar-refractivity contribution < 1.29 is 27.8 Å². The molecule has 0 aliphatic carbocycles. The van der Waals surface area contributed by atoms with Crippen LogP contribution >= 0.6 is 0 Å². The molecule has 3 aromatic heterocycles. The first-order valence-corrected chi connectivity index (χ1v) is 13.1. The second kappa shape index (κ2) is 12.2. The highest BCUT2D eigenvalue weighted by Gasteiger charge is 2.38. The number of carbonyl (C=O) groups excluding carboxylic acids is 1. The Labute approximate surface area is 236 Å². The zero-order valence-corrected chi connectivity index (χ0v) is 23.0. The molecule has 212 valence electrons. The number of pyridine rings is 2. The molecule has 4 aromatic rings. The number of aromatic nitrogens is 3. The Bertz CT molecular complexity index is 1600. The molecule has 0 unspecified atom stereocenters. The van der Waals surface area contributed by atoms with E-state index in [2.05, 4.69) is 33.7 Å². The summed E-state index contributed by atoms with van der Waals surface area (Å²) in [5.41, 5.74) is 2.41. The monoisotopic (exact) mass is 561 g/mol. The van der Waals surface area contributed by atoms with E-state index in [-0.39, 0.29) is 18.0 Å². The molecule has 2 amide bonds. The maximum atomic E-state index is 15.5. The lowest BCUT2D eigenvalue weighted by atomic mass is 10.1. The van der Waals surface area contributed by atoms with Crippen molar-refractivity contribution in [2.45, 2.75) is 32.7 Å². The number of benzene rings is 1. The number of rotatable bonds is 9. The summed E-state index contributed by atoms with van der Waals surface area (Å²) in [6.07, 6.45) is 6.73. The molecule has 0 bridgehead atoms. The molecule has 41 heavy (non-hydrogen) atoms. The summed E-state index contributed by atoms with van der Waals surface area (Å²) in [5, 5.41) is 0.680. The first kappa shape index (κ1) is 27.9. The van der Waals surface area contributed by atoms with Crippen molar-refractivity contribution in [2.75, 3.05) is 37.2 Å². The highest BCUT2D eigenvalue weighted by atomic mass is 19.1. The zero-order valence-electron chi connectivity index (χ0n) is 23.0. The molecule has 0 fully saturated rings. The first-order valence-electron chi connectivity index (χ1n) is 13.1. The van der Waals surface area contributed by atoms with Gasteiger partial charge in [-0.25, -0.2) is 18.6 Å². The van der Waals surface area contributed by atoms with Crippen molar-refractivity contribution in [2.24, 2.45) is 0 Å². The predicted molar refractivity (Wildman–Crippen MR) is 151 cm³/mol. The number of anilines is 3. The summed E-state index contributed by atoms with van der Waals surface area (Å²) in [7, 11) is 2.51. The topological polar surface area (TPSA) is 92.8 Å². The SMILES string of the molecule is CCCOCCC#CCc1cc2c3c(cnc2[nH]1)CN(c1c(F)c(OC)cc(OC)c1F)C(=O)N3c1ccncc1. The maximum absolute atomic E-state index is 15.5. The second-order valence-electron chi connectivity index (χ2n) is 9.25. The number of amides is 2. The van der Waals surface area contributed by atoms with Gasteiger partial charge in [-0.3, -0.25) is 14.8 Å². The molecule has 0 radical (unpaired) electrons. The van der Waals surface area contributed by atoms with Gasteiger partial charge in [0.25, 0.3) is 0 Å². The fourth-order valence-electron chi connectivity index (χ4n) is 4.72. The standard InChI is InChI=1S/C30H29F2N5O4/c1-4-13-41-14-7-5-6-8-20-15-22-27-19(17-34-29(22)35-20)18-36(30(38)37(27)21-9-11-33-12-10-21)28-25(31)23(39-2)16-24(40-3)26(28)32/h9-12,15-17H,4,7-8,13-14,18H2,1-3H3,(H,34,35). The smallest absolute Gasteiger partial charge is 0.334 e. The maximum Gasteiger partial charge on any atom is 0.334 e. The third-order valence-electron chi connectivity index (χ3n) is 6.60. The molecule has 4 heterocycles. The minimum absolute atomic E-state index is 0.138.